The number of hydrogen-bond acceptors (Lipinski definition) is 4. The number of nitrogens with one attached hydrogen (secondary N) is 1. The van der Waals surface area contributed by atoms with Crippen LogP contribution in [0.5, 0.6) is 0 Å². The Morgan fingerprint density at radius 2 is 2.00 bits per heavy atom. The normalized spacial score (nSPS) is 35.8. The molecule has 86 valence electrons. The number of carbonyl (C=O) groups is 1. The zero-order valence-corrected chi connectivity index (χ0v) is 9.59. The van der Waals surface area contributed by atoms with Crippen molar-refractivity contribution < 1.29 is 13.2 Å². The van der Waals surface area contributed by atoms with E-state index in [1.807, 2.05) is 0 Å². The Labute approximate surface area is 89.9 Å². The second-order valence-corrected chi connectivity index (χ2v) is 6.18. The van der Waals surface area contributed by atoms with Crippen LogP contribution < -0.4 is 4.72 Å². The smallest absolute Gasteiger partial charge is 0.208 e. The summed E-state index contributed by atoms with van der Waals surface area (Å²) in [6.07, 6.45) is 3.00. The van der Waals surface area contributed by atoms with E-state index >= 15 is 0 Å². The van der Waals surface area contributed by atoms with E-state index < -0.39 is 10.0 Å². The third-order valence-corrected chi connectivity index (χ3v) is 3.93. The second-order valence-electron chi connectivity index (χ2n) is 4.35. The van der Waals surface area contributed by atoms with Crippen molar-refractivity contribution in [2.45, 2.75) is 18.9 Å². The van der Waals surface area contributed by atoms with Crippen LogP contribution in [0, 0.1) is 5.92 Å². The van der Waals surface area contributed by atoms with Crippen molar-refractivity contribution >= 4 is 15.8 Å². The van der Waals surface area contributed by atoms with Crippen LogP contribution in [0.4, 0.5) is 0 Å². The highest BCUT2D eigenvalue weighted by Crippen LogP contribution is 2.28. The molecule has 0 saturated carbocycles. The summed E-state index contributed by atoms with van der Waals surface area (Å²) in [5, 5.41) is 0. The fraction of sp³-hybridized carbons (Fsp3) is 0.889. The van der Waals surface area contributed by atoms with Gasteiger partial charge >= 0.3 is 0 Å². The molecule has 0 aromatic heterocycles. The topological polar surface area (TPSA) is 66.5 Å². The lowest BCUT2D eigenvalue weighted by atomic mass is 9.82. The van der Waals surface area contributed by atoms with Crippen LogP contribution in [-0.4, -0.2) is 51.0 Å². The molecule has 1 unspecified atom stereocenters. The standard InChI is InChI=1S/C9H16N2O3S/c1-15(13,14)10-6-8-9(12)7-2-4-11(8)5-3-7/h7-8,10H,2-6H2,1H3. The first kappa shape index (κ1) is 11.0. The average Bonchev–Trinajstić information content (AvgIpc) is 2.16. The lowest BCUT2D eigenvalue weighted by molar-refractivity contribution is -0.136. The molecular weight excluding hydrogens is 216 g/mol. The summed E-state index contributed by atoms with van der Waals surface area (Å²) in [5.41, 5.74) is 0. The van der Waals surface area contributed by atoms with Gasteiger partial charge in [0.05, 0.1) is 12.3 Å². The lowest BCUT2D eigenvalue weighted by Crippen LogP contribution is -2.59. The molecular formula is C9H16N2O3S. The van der Waals surface area contributed by atoms with Crippen LogP contribution >= 0.6 is 0 Å². The van der Waals surface area contributed by atoms with Gasteiger partial charge in [-0.3, -0.25) is 9.69 Å². The van der Waals surface area contributed by atoms with Crippen LogP contribution in [0.2, 0.25) is 0 Å². The van der Waals surface area contributed by atoms with Crippen LogP contribution in [0.25, 0.3) is 0 Å². The third kappa shape index (κ3) is 2.38. The van der Waals surface area contributed by atoms with E-state index in [0.29, 0.717) is 0 Å². The first-order valence-corrected chi connectivity index (χ1v) is 7.09. The fourth-order valence-electron chi connectivity index (χ4n) is 2.41. The molecule has 3 rings (SSSR count). The van der Waals surface area contributed by atoms with Crippen molar-refractivity contribution in [1.82, 2.24) is 9.62 Å². The van der Waals surface area contributed by atoms with Gasteiger partial charge in [-0.05, 0) is 25.9 Å². The fourth-order valence-corrected chi connectivity index (χ4v) is 2.87. The Morgan fingerprint density at radius 1 is 1.40 bits per heavy atom. The van der Waals surface area contributed by atoms with Crippen LogP contribution in [0.15, 0.2) is 0 Å². The Bertz CT molecular complexity index is 358. The molecule has 6 heteroatoms. The number of fused-ring (bicyclic) bond motifs is 3. The maximum absolute atomic E-state index is 11.8. The van der Waals surface area contributed by atoms with E-state index in [4.69, 9.17) is 0 Å². The lowest BCUT2D eigenvalue weighted by Gasteiger charge is -2.43. The van der Waals surface area contributed by atoms with E-state index in [2.05, 4.69) is 9.62 Å². The third-order valence-electron chi connectivity index (χ3n) is 3.24. The molecule has 3 saturated heterocycles. The average molecular weight is 232 g/mol. The van der Waals surface area contributed by atoms with Gasteiger partial charge in [0.1, 0.15) is 0 Å². The Hall–Kier alpha value is -0.460. The minimum Gasteiger partial charge on any atom is -0.298 e. The van der Waals surface area contributed by atoms with Crippen LogP contribution in [0.3, 0.4) is 0 Å². The predicted octanol–water partition coefficient (Wildman–Crippen LogP) is -0.801. The molecule has 0 amide bonds. The number of sulfonamides is 1. The zero-order valence-electron chi connectivity index (χ0n) is 8.77. The molecule has 2 bridgehead atoms. The number of rotatable bonds is 3. The minimum absolute atomic E-state index is 0.168. The highest BCUT2D eigenvalue weighted by atomic mass is 32.2. The molecule has 1 N–H and O–H groups in total. The number of nitrogens with zero attached hydrogens (tertiary/aromatic N) is 1. The van der Waals surface area contributed by atoms with E-state index in [0.717, 1.165) is 32.2 Å². The van der Waals surface area contributed by atoms with Crippen molar-refractivity contribution in [2.75, 3.05) is 25.9 Å². The molecule has 3 fully saturated rings. The molecule has 0 spiro atoms. The van der Waals surface area contributed by atoms with E-state index in [1.165, 1.54) is 0 Å². The van der Waals surface area contributed by atoms with Gasteiger partial charge in [0, 0.05) is 12.5 Å². The van der Waals surface area contributed by atoms with Gasteiger partial charge < -0.3 is 0 Å². The van der Waals surface area contributed by atoms with Gasteiger partial charge in [0.25, 0.3) is 0 Å². The monoisotopic (exact) mass is 232 g/mol. The summed E-state index contributed by atoms with van der Waals surface area (Å²) < 4.78 is 24.3. The SMILES string of the molecule is CS(=O)(=O)NCC1C(=O)C2CCN1CC2. The number of hydrogen-bond donors (Lipinski definition) is 1. The van der Waals surface area contributed by atoms with Gasteiger partial charge in [0.2, 0.25) is 10.0 Å². The Kier molecular flexibility index (Phi) is 2.83. The van der Waals surface area contributed by atoms with Crippen molar-refractivity contribution in [3.8, 4) is 0 Å². The zero-order chi connectivity index (χ0) is 11.1. The summed E-state index contributed by atoms with van der Waals surface area (Å²) in [5.74, 6) is 0.380. The van der Waals surface area contributed by atoms with Crippen molar-refractivity contribution in [3.63, 3.8) is 0 Å². The number of piperidine rings is 3. The largest absolute Gasteiger partial charge is 0.298 e. The maximum Gasteiger partial charge on any atom is 0.208 e. The maximum atomic E-state index is 11.8. The van der Waals surface area contributed by atoms with E-state index in [-0.39, 0.29) is 24.3 Å². The molecule has 3 aliphatic rings. The Morgan fingerprint density at radius 3 is 2.47 bits per heavy atom. The van der Waals surface area contributed by atoms with Gasteiger partial charge in [0.15, 0.2) is 5.78 Å². The summed E-state index contributed by atoms with van der Waals surface area (Å²) in [4.78, 5) is 13.9. The molecule has 0 aromatic carbocycles. The first-order valence-electron chi connectivity index (χ1n) is 5.20. The van der Waals surface area contributed by atoms with E-state index in [9.17, 15) is 13.2 Å². The highest BCUT2D eigenvalue weighted by molar-refractivity contribution is 7.88. The summed E-state index contributed by atoms with van der Waals surface area (Å²) >= 11 is 0. The van der Waals surface area contributed by atoms with Crippen molar-refractivity contribution in [1.29, 1.82) is 0 Å². The second kappa shape index (κ2) is 3.84. The summed E-state index contributed by atoms with van der Waals surface area (Å²) in [6, 6.07) is -0.229. The summed E-state index contributed by atoms with van der Waals surface area (Å²) in [7, 11) is -3.19. The quantitative estimate of drug-likeness (QED) is 0.692. The van der Waals surface area contributed by atoms with Crippen LogP contribution in [0.1, 0.15) is 12.8 Å². The minimum atomic E-state index is -3.19. The highest BCUT2D eigenvalue weighted by Gasteiger charge is 2.40. The molecule has 5 nitrogen and oxygen atoms in total. The first-order chi connectivity index (χ1) is 6.97. The number of Topliss-reactive ketones (excluding diaryl/α,β-unsaturated/α-hetero) is 1. The van der Waals surface area contributed by atoms with Gasteiger partial charge in [-0.25, -0.2) is 13.1 Å². The van der Waals surface area contributed by atoms with Crippen LogP contribution in [-0.2, 0) is 14.8 Å². The number of carbonyl (C=O) groups excluding carboxylic acids is 1. The van der Waals surface area contributed by atoms with Crippen molar-refractivity contribution in [3.05, 3.63) is 0 Å². The predicted molar refractivity (Wildman–Crippen MR) is 55.9 cm³/mol. The molecule has 15 heavy (non-hydrogen) atoms. The van der Waals surface area contributed by atoms with Gasteiger partial charge in [-0.15, -0.1) is 0 Å². The number of ketones is 1. The Balaban J connectivity index is 2.00. The molecule has 1 atom stereocenters. The molecule has 0 radical (unpaired) electrons. The molecule has 3 aliphatic heterocycles. The van der Waals surface area contributed by atoms with Crippen molar-refractivity contribution in [2.24, 2.45) is 5.92 Å². The summed E-state index contributed by atoms with van der Waals surface area (Å²) in [6.45, 7) is 2.08. The van der Waals surface area contributed by atoms with Gasteiger partial charge in [-0.2, -0.15) is 0 Å². The molecule has 0 aromatic rings. The molecule has 0 aliphatic carbocycles. The van der Waals surface area contributed by atoms with E-state index in [1.54, 1.807) is 0 Å². The molecule has 3 heterocycles. The van der Waals surface area contributed by atoms with Gasteiger partial charge in [-0.1, -0.05) is 0 Å².